The molecule has 3 aromatic rings. The Morgan fingerprint density at radius 2 is 2.04 bits per heavy atom. The number of methoxy groups -OCH3 is 1. The number of para-hydroxylation sites is 2. The van der Waals surface area contributed by atoms with Crippen LogP contribution in [0.4, 0.5) is 0 Å². The molecule has 0 aliphatic heterocycles. The summed E-state index contributed by atoms with van der Waals surface area (Å²) in [6.45, 7) is 2.32. The van der Waals surface area contributed by atoms with Gasteiger partial charge in [-0.2, -0.15) is 0 Å². The molecule has 3 rings (SSSR count). The summed E-state index contributed by atoms with van der Waals surface area (Å²) in [6.07, 6.45) is 0. The molecule has 0 fully saturated rings. The number of aryl methyl sites for hydroxylation is 2. The molecule has 1 N–H and O–H groups in total. The molecular weight excluding hydrogens is 290 g/mol. The minimum Gasteiger partial charge on any atom is -0.496 e. The first-order chi connectivity index (χ1) is 11.1. The molecular formula is C18H19N3O2. The third-order valence-corrected chi connectivity index (χ3v) is 3.96. The maximum absolute atomic E-state index is 12.3. The molecule has 0 aliphatic carbocycles. The highest BCUT2D eigenvalue weighted by Crippen LogP contribution is 2.19. The second-order valence-corrected chi connectivity index (χ2v) is 5.44. The smallest absolute Gasteiger partial charge is 0.251 e. The zero-order chi connectivity index (χ0) is 16.4. The number of fused-ring (bicyclic) bond motifs is 1. The predicted octanol–water partition coefficient (Wildman–Crippen LogP) is 2.82. The molecule has 0 saturated carbocycles. The van der Waals surface area contributed by atoms with Crippen molar-refractivity contribution in [3.63, 3.8) is 0 Å². The second-order valence-electron chi connectivity index (χ2n) is 5.44. The van der Waals surface area contributed by atoms with Crippen LogP contribution < -0.4 is 10.1 Å². The molecule has 2 aromatic carbocycles. The number of amides is 1. The van der Waals surface area contributed by atoms with Crippen molar-refractivity contribution in [3.05, 3.63) is 59.4 Å². The van der Waals surface area contributed by atoms with Gasteiger partial charge in [-0.05, 0) is 36.8 Å². The van der Waals surface area contributed by atoms with Crippen LogP contribution in [0, 0.1) is 6.92 Å². The first kappa shape index (κ1) is 15.1. The van der Waals surface area contributed by atoms with Crippen molar-refractivity contribution in [1.29, 1.82) is 0 Å². The number of carbonyl (C=O) groups is 1. The summed E-state index contributed by atoms with van der Waals surface area (Å²) < 4.78 is 7.25. The monoisotopic (exact) mass is 309 g/mol. The zero-order valence-electron chi connectivity index (χ0n) is 13.5. The molecule has 0 saturated heterocycles. The molecule has 118 valence electrons. The fourth-order valence-electron chi connectivity index (χ4n) is 2.58. The van der Waals surface area contributed by atoms with Crippen LogP contribution in [0.1, 0.15) is 21.7 Å². The fraction of sp³-hybridized carbons (Fsp3) is 0.222. The number of rotatable bonds is 4. The van der Waals surface area contributed by atoms with E-state index in [2.05, 4.69) is 10.3 Å². The number of aromatic nitrogens is 2. The van der Waals surface area contributed by atoms with Crippen LogP contribution >= 0.6 is 0 Å². The Morgan fingerprint density at radius 1 is 1.26 bits per heavy atom. The Balaban J connectivity index is 1.77. The Hall–Kier alpha value is -2.82. The number of carbonyl (C=O) groups excluding carboxylic acids is 1. The van der Waals surface area contributed by atoms with Gasteiger partial charge in [0, 0.05) is 12.6 Å². The maximum atomic E-state index is 12.3. The number of nitrogens with zero attached hydrogens (tertiary/aromatic N) is 2. The average molecular weight is 309 g/mol. The predicted molar refractivity (Wildman–Crippen MR) is 89.6 cm³/mol. The van der Waals surface area contributed by atoms with E-state index in [-0.39, 0.29) is 5.91 Å². The van der Waals surface area contributed by atoms with Gasteiger partial charge in [-0.3, -0.25) is 4.79 Å². The van der Waals surface area contributed by atoms with Gasteiger partial charge in [-0.15, -0.1) is 0 Å². The summed E-state index contributed by atoms with van der Waals surface area (Å²) in [7, 11) is 3.55. The summed E-state index contributed by atoms with van der Waals surface area (Å²) in [5, 5.41) is 2.91. The van der Waals surface area contributed by atoms with Crippen molar-refractivity contribution in [2.45, 2.75) is 13.5 Å². The van der Waals surface area contributed by atoms with Gasteiger partial charge < -0.3 is 14.6 Å². The van der Waals surface area contributed by atoms with E-state index >= 15 is 0 Å². The minimum absolute atomic E-state index is 0.143. The third-order valence-electron chi connectivity index (χ3n) is 3.96. The van der Waals surface area contributed by atoms with Crippen molar-refractivity contribution in [2.75, 3.05) is 7.11 Å². The van der Waals surface area contributed by atoms with E-state index in [4.69, 9.17) is 4.74 Å². The first-order valence-corrected chi connectivity index (χ1v) is 7.43. The van der Waals surface area contributed by atoms with E-state index in [1.807, 2.05) is 48.9 Å². The lowest BCUT2D eigenvalue weighted by atomic mass is 10.1. The summed E-state index contributed by atoms with van der Waals surface area (Å²) in [4.78, 5) is 16.9. The van der Waals surface area contributed by atoms with Gasteiger partial charge in [0.1, 0.15) is 11.6 Å². The molecule has 0 spiro atoms. The van der Waals surface area contributed by atoms with Gasteiger partial charge in [0.2, 0.25) is 0 Å². The number of ether oxygens (including phenoxy) is 1. The van der Waals surface area contributed by atoms with Crippen LogP contribution in [-0.2, 0) is 13.6 Å². The van der Waals surface area contributed by atoms with Crippen LogP contribution in [0.3, 0.4) is 0 Å². The zero-order valence-corrected chi connectivity index (χ0v) is 13.5. The molecule has 1 heterocycles. The van der Waals surface area contributed by atoms with Gasteiger partial charge in [0.25, 0.3) is 5.91 Å². The van der Waals surface area contributed by atoms with Crippen LogP contribution in [0.25, 0.3) is 11.0 Å². The van der Waals surface area contributed by atoms with Crippen molar-refractivity contribution in [3.8, 4) is 5.75 Å². The second kappa shape index (κ2) is 6.12. The van der Waals surface area contributed by atoms with Gasteiger partial charge in [-0.1, -0.05) is 18.2 Å². The van der Waals surface area contributed by atoms with Crippen LogP contribution in [0.15, 0.2) is 42.5 Å². The quantitative estimate of drug-likeness (QED) is 0.806. The molecule has 0 radical (unpaired) electrons. The largest absolute Gasteiger partial charge is 0.496 e. The minimum atomic E-state index is -0.143. The van der Waals surface area contributed by atoms with Gasteiger partial charge in [0.15, 0.2) is 0 Å². The molecule has 0 unspecified atom stereocenters. The molecule has 0 atom stereocenters. The average Bonchev–Trinajstić information content (AvgIpc) is 2.89. The molecule has 23 heavy (non-hydrogen) atoms. The summed E-state index contributed by atoms with van der Waals surface area (Å²) >= 11 is 0. The maximum Gasteiger partial charge on any atom is 0.251 e. The number of benzene rings is 2. The lowest BCUT2D eigenvalue weighted by Gasteiger charge is -2.09. The Morgan fingerprint density at radius 3 is 2.78 bits per heavy atom. The molecule has 5 heteroatoms. The van der Waals surface area contributed by atoms with E-state index in [0.29, 0.717) is 17.9 Å². The summed E-state index contributed by atoms with van der Waals surface area (Å²) in [5.41, 5.74) is 3.55. The standard InChI is InChI=1S/C18H19N3O2/c1-12-8-9-13(10-16(12)23-3)18(22)19-11-17-20-14-6-4-5-7-15(14)21(17)2/h4-10H,11H2,1-3H3,(H,19,22). The van der Waals surface area contributed by atoms with Crippen molar-refractivity contribution < 1.29 is 9.53 Å². The molecule has 1 aromatic heterocycles. The fourth-order valence-corrected chi connectivity index (χ4v) is 2.58. The normalized spacial score (nSPS) is 10.7. The van der Waals surface area contributed by atoms with E-state index in [0.717, 1.165) is 22.4 Å². The van der Waals surface area contributed by atoms with Gasteiger partial charge in [-0.25, -0.2) is 4.98 Å². The topological polar surface area (TPSA) is 56.1 Å². The van der Waals surface area contributed by atoms with E-state index in [1.165, 1.54) is 0 Å². The number of hydrogen-bond acceptors (Lipinski definition) is 3. The Labute approximate surface area is 134 Å². The Kier molecular flexibility index (Phi) is 4.02. The summed E-state index contributed by atoms with van der Waals surface area (Å²) in [6, 6.07) is 13.3. The molecule has 0 aliphatic rings. The van der Waals surface area contributed by atoms with E-state index in [9.17, 15) is 4.79 Å². The molecule has 0 bridgehead atoms. The molecule has 5 nitrogen and oxygen atoms in total. The van der Waals surface area contributed by atoms with Crippen molar-refractivity contribution in [1.82, 2.24) is 14.9 Å². The highest BCUT2D eigenvalue weighted by atomic mass is 16.5. The lowest BCUT2D eigenvalue weighted by molar-refractivity contribution is 0.0949. The number of hydrogen-bond donors (Lipinski definition) is 1. The van der Waals surface area contributed by atoms with Crippen LogP contribution in [-0.4, -0.2) is 22.6 Å². The molecule has 1 amide bonds. The van der Waals surface area contributed by atoms with Gasteiger partial charge in [0.05, 0.1) is 24.7 Å². The van der Waals surface area contributed by atoms with Crippen molar-refractivity contribution in [2.24, 2.45) is 7.05 Å². The SMILES string of the molecule is COc1cc(C(=O)NCc2nc3ccccc3n2C)ccc1C. The Bertz CT molecular complexity index is 868. The third kappa shape index (κ3) is 2.90. The summed E-state index contributed by atoms with van der Waals surface area (Å²) in [5.74, 6) is 1.38. The van der Waals surface area contributed by atoms with E-state index < -0.39 is 0 Å². The van der Waals surface area contributed by atoms with Crippen LogP contribution in [0.5, 0.6) is 5.75 Å². The lowest BCUT2D eigenvalue weighted by Crippen LogP contribution is -2.24. The number of nitrogens with one attached hydrogen (secondary N) is 1. The highest BCUT2D eigenvalue weighted by molar-refractivity contribution is 5.94. The van der Waals surface area contributed by atoms with Gasteiger partial charge >= 0.3 is 0 Å². The van der Waals surface area contributed by atoms with E-state index in [1.54, 1.807) is 19.2 Å². The number of imidazole rings is 1. The van der Waals surface area contributed by atoms with Crippen molar-refractivity contribution >= 4 is 16.9 Å². The van der Waals surface area contributed by atoms with Crippen LogP contribution in [0.2, 0.25) is 0 Å². The highest BCUT2D eigenvalue weighted by Gasteiger charge is 2.11. The first-order valence-electron chi connectivity index (χ1n) is 7.43.